The van der Waals surface area contributed by atoms with Crippen LogP contribution < -0.4 is 10.9 Å². The maximum atomic E-state index is 13.4. The fourth-order valence-electron chi connectivity index (χ4n) is 2.58. The minimum Gasteiger partial charge on any atom is -0.281 e. The molecule has 0 fully saturated rings. The van der Waals surface area contributed by atoms with Crippen molar-refractivity contribution in [3.63, 3.8) is 0 Å². The number of benzene rings is 1. The minimum absolute atomic E-state index is 0.0401. The van der Waals surface area contributed by atoms with Crippen LogP contribution >= 0.6 is 0 Å². The molecule has 1 amide bonds. The maximum Gasteiger partial charge on any atom is 0.472 e. The van der Waals surface area contributed by atoms with Crippen molar-refractivity contribution in [3.05, 3.63) is 60.2 Å². The number of hydrazine groups is 1. The number of aryl methyl sites for hydroxylation is 1. The lowest BCUT2D eigenvalue weighted by Crippen LogP contribution is -2.40. The molecule has 31 heavy (non-hydrogen) atoms. The van der Waals surface area contributed by atoms with Gasteiger partial charge in [-0.2, -0.15) is 26.3 Å². The van der Waals surface area contributed by atoms with Crippen LogP contribution in [-0.2, 0) is 11.0 Å². The summed E-state index contributed by atoms with van der Waals surface area (Å²) in [5, 5.41) is 0. The van der Waals surface area contributed by atoms with Crippen LogP contribution in [0.3, 0.4) is 0 Å². The zero-order valence-corrected chi connectivity index (χ0v) is 15.6. The zero-order chi connectivity index (χ0) is 22.8. The van der Waals surface area contributed by atoms with E-state index in [9.17, 15) is 31.1 Å². The summed E-state index contributed by atoms with van der Waals surface area (Å²) in [5.41, 5.74) is 4.31. The molecule has 1 aromatic carbocycles. The van der Waals surface area contributed by atoms with E-state index < -0.39 is 29.9 Å². The fraction of sp³-hybridized carbons (Fsp3) is 0.158. The Hall–Kier alpha value is -3.70. The molecule has 0 aliphatic carbocycles. The van der Waals surface area contributed by atoms with Crippen LogP contribution in [0.1, 0.15) is 11.4 Å². The molecule has 162 valence electrons. The molecule has 0 spiro atoms. The SMILES string of the molecule is Cc1ccc(-c2c(NNC(=O)C(F)(F)F)nc(C(F)(F)F)nc2-c2ccncc2)cc1. The van der Waals surface area contributed by atoms with Crippen LogP contribution in [0, 0.1) is 6.92 Å². The van der Waals surface area contributed by atoms with Crippen LogP contribution in [0.2, 0.25) is 0 Å². The Labute approximate surface area is 171 Å². The maximum absolute atomic E-state index is 13.4. The Bertz CT molecular complexity index is 1080. The third-order valence-corrected chi connectivity index (χ3v) is 4.01. The molecule has 0 aliphatic heterocycles. The average molecular weight is 441 g/mol. The van der Waals surface area contributed by atoms with E-state index in [1.54, 1.807) is 31.2 Å². The van der Waals surface area contributed by atoms with E-state index in [4.69, 9.17) is 0 Å². The Balaban J connectivity index is 2.24. The fourth-order valence-corrected chi connectivity index (χ4v) is 2.58. The molecular weight excluding hydrogens is 428 g/mol. The number of amides is 1. The predicted octanol–water partition coefficient (Wildman–Crippen LogP) is 4.54. The van der Waals surface area contributed by atoms with Gasteiger partial charge in [-0.15, -0.1) is 0 Å². The second kappa shape index (κ2) is 8.20. The number of carbonyl (C=O) groups excluding carboxylic acids is 1. The van der Waals surface area contributed by atoms with Crippen molar-refractivity contribution in [2.45, 2.75) is 19.3 Å². The number of nitrogens with one attached hydrogen (secondary N) is 2. The Morgan fingerprint density at radius 3 is 2.03 bits per heavy atom. The van der Waals surface area contributed by atoms with Gasteiger partial charge in [-0.3, -0.25) is 20.6 Å². The molecule has 0 atom stereocenters. The normalized spacial score (nSPS) is 11.8. The molecule has 2 heterocycles. The minimum atomic E-state index is -5.26. The summed E-state index contributed by atoms with van der Waals surface area (Å²) >= 11 is 0. The lowest BCUT2D eigenvalue weighted by Gasteiger charge is -2.18. The van der Waals surface area contributed by atoms with E-state index in [0.29, 0.717) is 5.56 Å². The molecule has 0 bridgehead atoms. The van der Waals surface area contributed by atoms with Crippen molar-refractivity contribution in [1.29, 1.82) is 0 Å². The standard InChI is InChI=1S/C19H13F6N5O/c1-10-2-4-11(5-3-10)13-14(12-6-8-26-9-7-12)27-16(18(20,21)22)28-15(13)29-30-17(31)19(23,24)25/h2-9H,1H3,(H,30,31)(H,27,28,29). The van der Waals surface area contributed by atoms with Gasteiger partial charge in [0, 0.05) is 18.0 Å². The van der Waals surface area contributed by atoms with E-state index in [1.165, 1.54) is 30.0 Å². The first-order valence-electron chi connectivity index (χ1n) is 8.56. The van der Waals surface area contributed by atoms with Crippen molar-refractivity contribution < 1.29 is 31.1 Å². The van der Waals surface area contributed by atoms with Gasteiger partial charge >= 0.3 is 18.3 Å². The molecule has 0 saturated heterocycles. The van der Waals surface area contributed by atoms with Crippen LogP contribution in [0.25, 0.3) is 22.4 Å². The van der Waals surface area contributed by atoms with E-state index in [2.05, 4.69) is 15.0 Å². The van der Waals surface area contributed by atoms with Crippen molar-refractivity contribution in [2.75, 3.05) is 5.43 Å². The van der Waals surface area contributed by atoms with Gasteiger partial charge in [-0.25, -0.2) is 9.97 Å². The second-order valence-electron chi connectivity index (χ2n) is 6.30. The van der Waals surface area contributed by atoms with E-state index in [-0.39, 0.29) is 16.8 Å². The number of aromatic nitrogens is 3. The number of alkyl halides is 6. The Morgan fingerprint density at radius 2 is 1.48 bits per heavy atom. The second-order valence-corrected chi connectivity index (χ2v) is 6.30. The van der Waals surface area contributed by atoms with Gasteiger partial charge in [0.25, 0.3) is 0 Å². The quantitative estimate of drug-likeness (QED) is 0.459. The van der Waals surface area contributed by atoms with Crippen molar-refractivity contribution in [2.24, 2.45) is 0 Å². The molecule has 0 radical (unpaired) electrons. The lowest BCUT2D eigenvalue weighted by molar-refractivity contribution is -0.173. The van der Waals surface area contributed by atoms with Gasteiger partial charge in [0.15, 0.2) is 5.82 Å². The number of hydrogen-bond donors (Lipinski definition) is 2. The largest absolute Gasteiger partial charge is 0.472 e. The average Bonchev–Trinajstić information content (AvgIpc) is 2.71. The van der Waals surface area contributed by atoms with E-state index >= 15 is 0 Å². The number of halogens is 6. The first kappa shape index (κ1) is 22.0. The molecule has 2 N–H and O–H groups in total. The van der Waals surface area contributed by atoms with Crippen LogP contribution in [-0.4, -0.2) is 27.0 Å². The van der Waals surface area contributed by atoms with Crippen LogP contribution in [0.4, 0.5) is 32.2 Å². The Morgan fingerprint density at radius 1 is 0.871 bits per heavy atom. The predicted molar refractivity (Wildman–Crippen MR) is 98.3 cm³/mol. The lowest BCUT2D eigenvalue weighted by atomic mass is 9.99. The summed E-state index contributed by atoms with van der Waals surface area (Å²) in [5.74, 6) is -4.66. The monoisotopic (exact) mass is 441 g/mol. The highest BCUT2D eigenvalue weighted by molar-refractivity contribution is 5.90. The van der Waals surface area contributed by atoms with Crippen molar-refractivity contribution >= 4 is 11.7 Å². The summed E-state index contributed by atoms with van der Waals surface area (Å²) in [6, 6.07) is 9.17. The molecule has 0 saturated carbocycles. The van der Waals surface area contributed by atoms with Crippen molar-refractivity contribution in [1.82, 2.24) is 20.4 Å². The first-order valence-corrected chi connectivity index (χ1v) is 8.56. The van der Waals surface area contributed by atoms with Gasteiger partial charge in [0.2, 0.25) is 5.82 Å². The number of pyridine rings is 1. The first-order chi connectivity index (χ1) is 14.5. The summed E-state index contributed by atoms with van der Waals surface area (Å²) in [6.07, 6.45) is -7.62. The number of carbonyl (C=O) groups is 1. The third-order valence-electron chi connectivity index (χ3n) is 4.01. The van der Waals surface area contributed by atoms with Gasteiger partial charge < -0.3 is 0 Å². The Kier molecular flexibility index (Phi) is 5.82. The van der Waals surface area contributed by atoms with Crippen molar-refractivity contribution in [3.8, 4) is 22.4 Å². The third kappa shape index (κ3) is 5.08. The molecule has 3 rings (SSSR count). The number of nitrogens with zero attached hydrogens (tertiary/aromatic N) is 3. The van der Waals surface area contributed by atoms with E-state index in [0.717, 1.165) is 5.56 Å². The van der Waals surface area contributed by atoms with Gasteiger partial charge in [0.05, 0.1) is 11.3 Å². The van der Waals surface area contributed by atoms with Gasteiger partial charge in [0.1, 0.15) is 0 Å². The molecule has 12 heteroatoms. The summed E-state index contributed by atoms with van der Waals surface area (Å²) in [4.78, 5) is 21.9. The van der Waals surface area contributed by atoms with Crippen LogP contribution in [0.15, 0.2) is 48.8 Å². The molecule has 0 unspecified atom stereocenters. The molecule has 0 aliphatic rings. The smallest absolute Gasteiger partial charge is 0.281 e. The summed E-state index contributed by atoms with van der Waals surface area (Å²) in [7, 11) is 0. The number of anilines is 1. The molecule has 6 nitrogen and oxygen atoms in total. The number of rotatable bonds is 4. The van der Waals surface area contributed by atoms with Crippen LogP contribution in [0.5, 0.6) is 0 Å². The highest BCUT2D eigenvalue weighted by Gasteiger charge is 2.40. The molecule has 2 aromatic heterocycles. The highest BCUT2D eigenvalue weighted by Crippen LogP contribution is 2.38. The number of hydrogen-bond acceptors (Lipinski definition) is 5. The summed E-state index contributed by atoms with van der Waals surface area (Å²) in [6.45, 7) is 1.78. The summed E-state index contributed by atoms with van der Waals surface area (Å²) < 4.78 is 77.9. The molecule has 3 aromatic rings. The van der Waals surface area contributed by atoms with Gasteiger partial charge in [-0.1, -0.05) is 29.8 Å². The highest BCUT2D eigenvalue weighted by atomic mass is 19.4. The van der Waals surface area contributed by atoms with Gasteiger partial charge in [-0.05, 0) is 24.6 Å². The van der Waals surface area contributed by atoms with E-state index in [1.807, 2.05) is 5.43 Å². The molecular formula is C19H13F6N5O. The topological polar surface area (TPSA) is 79.8 Å². The zero-order valence-electron chi connectivity index (χ0n) is 15.6.